The average molecular weight is 426 g/mol. The van der Waals surface area contributed by atoms with E-state index in [9.17, 15) is 13.2 Å². The number of likely N-dealkylation sites (N-methyl/N-ethyl adjacent to an activating group) is 1. The van der Waals surface area contributed by atoms with E-state index in [0.717, 1.165) is 30.4 Å². The maximum Gasteiger partial charge on any atom is 0.261 e. The highest BCUT2D eigenvalue weighted by molar-refractivity contribution is 7.92. The van der Waals surface area contributed by atoms with Crippen molar-refractivity contribution in [3.8, 4) is 0 Å². The molecule has 2 N–H and O–H groups in total. The third kappa shape index (κ3) is 5.37. The van der Waals surface area contributed by atoms with Gasteiger partial charge in [-0.2, -0.15) is 0 Å². The first-order chi connectivity index (χ1) is 14.4. The van der Waals surface area contributed by atoms with Crippen LogP contribution in [0.3, 0.4) is 0 Å². The summed E-state index contributed by atoms with van der Waals surface area (Å²) in [6.45, 7) is 7.42. The number of carbonyl (C=O) groups excluding carboxylic acids is 1. The van der Waals surface area contributed by atoms with E-state index in [4.69, 9.17) is 0 Å². The SMILES string of the molecule is CCN(CC)CCNC(=O)c1ccc(NS(=O)(=O)c2ccc3ccccc3c2)cc1. The number of nitrogens with one attached hydrogen (secondary N) is 2. The second-order valence-corrected chi connectivity index (χ2v) is 8.66. The smallest absolute Gasteiger partial charge is 0.261 e. The number of carbonyl (C=O) groups is 1. The van der Waals surface area contributed by atoms with Gasteiger partial charge in [0.15, 0.2) is 0 Å². The fourth-order valence-electron chi connectivity index (χ4n) is 3.21. The van der Waals surface area contributed by atoms with Gasteiger partial charge in [-0.25, -0.2) is 8.42 Å². The Hall–Kier alpha value is -2.90. The Bertz CT molecular complexity index is 1110. The Kier molecular flexibility index (Phi) is 7.07. The first-order valence-electron chi connectivity index (χ1n) is 10.0. The molecule has 30 heavy (non-hydrogen) atoms. The molecular formula is C23H27N3O3S. The Morgan fingerprint density at radius 2 is 1.57 bits per heavy atom. The average Bonchev–Trinajstić information content (AvgIpc) is 2.76. The van der Waals surface area contributed by atoms with Crippen LogP contribution >= 0.6 is 0 Å². The van der Waals surface area contributed by atoms with Crippen LogP contribution in [0.5, 0.6) is 0 Å². The topological polar surface area (TPSA) is 78.5 Å². The van der Waals surface area contributed by atoms with Crippen molar-refractivity contribution in [2.45, 2.75) is 18.7 Å². The molecule has 0 aliphatic carbocycles. The van der Waals surface area contributed by atoms with E-state index in [1.165, 1.54) is 0 Å². The lowest BCUT2D eigenvalue weighted by Gasteiger charge is -2.18. The molecule has 0 aliphatic rings. The van der Waals surface area contributed by atoms with Crippen molar-refractivity contribution in [2.24, 2.45) is 0 Å². The molecule has 3 aromatic rings. The van der Waals surface area contributed by atoms with Gasteiger partial charge in [0.05, 0.1) is 4.90 Å². The van der Waals surface area contributed by atoms with E-state index in [1.54, 1.807) is 42.5 Å². The minimum atomic E-state index is -3.72. The van der Waals surface area contributed by atoms with E-state index in [-0.39, 0.29) is 10.8 Å². The lowest BCUT2D eigenvalue weighted by molar-refractivity contribution is 0.0949. The highest BCUT2D eigenvalue weighted by Gasteiger charge is 2.15. The predicted octanol–water partition coefficient (Wildman–Crippen LogP) is 3.71. The molecule has 0 saturated heterocycles. The predicted molar refractivity (Wildman–Crippen MR) is 121 cm³/mol. The minimum Gasteiger partial charge on any atom is -0.351 e. The third-order valence-electron chi connectivity index (χ3n) is 5.04. The van der Waals surface area contributed by atoms with Crippen molar-refractivity contribution >= 4 is 32.4 Å². The van der Waals surface area contributed by atoms with Gasteiger partial charge in [-0.05, 0) is 60.3 Å². The molecule has 0 spiro atoms. The molecule has 0 aliphatic heterocycles. The summed E-state index contributed by atoms with van der Waals surface area (Å²) < 4.78 is 28.0. The summed E-state index contributed by atoms with van der Waals surface area (Å²) in [6.07, 6.45) is 0. The molecule has 0 atom stereocenters. The zero-order chi connectivity index (χ0) is 21.6. The molecule has 0 heterocycles. The van der Waals surface area contributed by atoms with Gasteiger partial charge in [0.25, 0.3) is 15.9 Å². The van der Waals surface area contributed by atoms with Crippen LogP contribution in [-0.2, 0) is 10.0 Å². The first-order valence-corrected chi connectivity index (χ1v) is 11.5. The molecule has 0 radical (unpaired) electrons. The molecule has 0 fully saturated rings. The van der Waals surface area contributed by atoms with E-state index in [2.05, 4.69) is 28.8 Å². The lowest BCUT2D eigenvalue weighted by Crippen LogP contribution is -2.34. The zero-order valence-corrected chi connectivity index (χ0v) is 18.1. The summed E-state index contributed by atoms with van der Waals surface area (Å²) in [4.78, 5) is 14.7. The van der Waals surface area contributed by atoms with E-state index < -0.39 is 10.0 Å². The number of anilines is 1. The fraction of sp³-hybridized carbons (Fsp3) is 0.261. The lowest BCUT2D eigenvalue weighted by atomic mass is 10.1. The van der Waals surface area contributed by atoms with Crippen molar-refractivity contribution < 1.29 is 13.2 Å². The summed E-state index contributed by atoms with van der Waals surface area (Å²) >= 11 is 0. The molecule has 0 saturated carbocycles. The number of nitrogens with zero attached hydrogens (tertiary/aromatic N) is 1. The molecule has 7 heteroatoms. The number of amides is 1. The molecule has 3 aromatic carbocycles. The Morgan fingerprint density at radius 3 is 2.23 bits per heavy atom. The van der Waals surface area contributed by atoms with Gasteiger partial charge in [0.2, 0.25) is 0 Å². The van der Waals surface area contributed by atoms with E-state index in [1.807, 2.05) is 24.3 Å². The van der Waals surface area contributed by atoms with Crippen molar-refractivity contribution in [1.29, 1.82) is 0 Å². The van der Waals surface area contributed by atoms with Crippen molar-refractivity contribution in [3.63, 3.8) is 0 Å². The monoisotopic (exact) mass is 425 g/mol. The summed E-state index contributed by atoms with van der Waals surface area (Å²) in [5.41, 5.74) is 0.894. The van der Waals surface area contributed by atoms with Crippen LogP contribution < -0.4 is 10.0 Å². The van der Waals surface area contributed by atoms with Crippen LogP contribution in [0.15, 0.2) is 71.6 Å². The Morgan fingerprint density at radius 1 is 0.900 bits per heavy atom. The summed E-state index contributed by atoms with van der Waals surface area (Å²) in [6, 6.07) is 19.0. The first kappa shape index (κ1) is 21.8. The van der Waals surface area contributed by atoms with Crippen LogP contribution in [0.1, 0.15) is 24.2 Å². The Labute approximate surface area is 178 Å². The number of hydrogen-bond donors (Lipinski definition) is 2. The van der Waals surface area contributed by atoms with Crippen LogP contribution in [0.2, 0.25) is 0 Å². The third-order valence-corrected chi connectivity index (χ3v) is 6.42. The molecule has 158 valence electrons. The van der Waals surface area contributed by atoms with Gasteiger partial charge < -0.3 is 10.2 Å². The molecule has 0 bridgehead atoms. The van der Waals surface area contributed by atoms with Gasteiger partial charge in [0.1, 0.15) is 0 Å². The highest BCUT2D eigenvalue weighted by atomic mass is 32.2. The number of hydrogen-bond acceptors (Lipinski definition) is 4. The van der Waals surface area contributed by atoms with E-state index >= 15 is 0 Å². The normalized spacial score (nSPS) is 11.6. The summed E-state index contributed by atoms with van der Waals surface area (Å²) in [5, 5.41) is 4.73. The molecule has 0 aromatic heterocycles. The van der Waals surface area contributed by atoms with Gasteiger partial charge in [-0.1, -0.05) is 44.2 Å². The second kappa shape index (κ2) is 9.73. The van der Waals surface area contributed by atoms with Crippen molar-refractivity contribution in [2.75, 3.05) is 30.9 Å². The van der Waals surface area contributed by atoms with Crippen LogP contribution in [0.4, 0.5) is 5.69 Å². The summed E-state index contributed by atoms with van der Waals surface area (Å²) in [5.74, 6) is -0.175. The second-order valence-electron chi connectivity index (χ2n) is 6.97. The molecule has 6 nitrogen and oxygen atoms in total. The van der Waals surface area contributed by atoms with Gasteiger partial charge in [0, 0.05) is 24.3 Å². The highest BCUT2D eigenvalue weighted by Crippen LogP contribution is 2.21. The van der Waals surface area contributed by atoms with Gasteiger partial charge in [-0.15, -0.1) is 0 Å². The molecule has 0 unspecified atom stereocenters. The van der Waals surface area contributed by atoms with Crippen LogP contribution in [0, 0.1) is 0 Å². The Balaban J connectivity index is 1.64. The maximum absolute atomic E-state index is 12.7. The molecule has 3 rings (SSSR count). The molecule has 1 amide bonds. The van der Waals surface area contributed by atoms with Crippen molar-refractivity contribution in [3.05, 3.63) is 72.3 Å². The number of fused-ring (bicyclic) bond motifs is 1. The summed E-state index contributed by atoms with van der Waals surface area (Å²) in [7, 11) is -3.72. The van der Waals surface area contributed by atoms with Gasteiger partial charge >= 0.3 is 0 Å². The van der Waals surface area contributed by atoms with Crippen LogP contribution in [-0.4, -0.2) is 45.4 Å². The number of rotatable bonds is 9. The largest absolute Gasteiger partial charge is 0.351 e. The van der Waals surface area contributed by atoms with Crippen molar-refractivity contribution in [1.82, 2.24) is 10.2 Å². The minimum absolute atomic E-state index is 0.175. The maximum atomic E-state index is 12.7. The standard InChI is InChI=1S/C23H27N3O3S/c1-3-26(4-2)16-15-24-23(27)19-9-12-21(13-10-19)25-30(28,29)22-14-11-18-7-5-6-8-20(18)17-22/h5-14,17,25H,3-4,15-16H2,1-2H3,(H,24,27). The zero-order valence-electron chi connectivity index (χ0n) is 17.3. The number of sulfonamides is 1. The van der Waals surface area contributed by atoms with Gasteiger partial charge in [-0.3, -0.25) is 9.52 Å². The quantitative estimate of drug-likeness (QED) is 0.548. The molecular weight excluding hydrogens is 398 g/mol. The van der Waals surface area contributed by atoms with E-state index in [0.29, 0.717) is 17.8 Å². The fourth-order valence-corrected chi connectivity index (χ4v) is 4.30. The van der Waals surface area contributed by atoms with Crippen LogP contribution in [0.25, 0.3) is 10.8 Å². The number of benzene rings is 3.